The van der Waals surface area contributed by atoms with E-state index in [1.165, 1.54) is 0 Å². The molecule has 120 valence electrons. The van der Waals surface area contributed by atoms with Crippen LogP contribution in [-0.4, -0.2) is 11.9 Å². The minimum absolute atomic E-state index is 0.113. The van der Waals surface area contributed by atoms with E-state index in [2.05, 4.69) is 5.32 Å². The molecule has 0 spiro atoms. The van der Waals surface area contributed by atoms with Crippen molar-refractivity contribution in [3.05, 3.63) is 77.9 Å². The van der Waals surface area contributed by atoms with Gasteiger partial charge in [-0.25, -0.2) is 0 Å². The van der Waals surface area contributed by atoms with Gasteiger partial charge in [-0.1, -0.05) is 54.6 Å². The van der Waals surface area contributed by atoms with E-state index in [4.69, 9.17) is 0 Å². The number of aliphatic carboxylic acids is 1. The molecule has 3 aromatic carbocycles. The molecule has 0 heterocycles. The molecule has 1 N–H and O–H groups in total. The topological polar surface area (TPSA) is 69.2 Å². The van der Waals surface area contributed by atoms with Crippen LogP contribution in [0.5, 0.6) is 0 Å². The molecule has 0 bridgehead atoms. The van der Waals surface area contributed by atoms with Crippen molar-refractivity contribution in [3.8, 4) is 0 Å². The monoisotopic (exact) mass is 318 g/mol. The summed E-state index contributed by atoms with van der Waals surface area (Å²) in [4.78, 5) is 22.7. The maximum absolute atomic E-state index is 12.2. The lowest BCUT2D eigenvalue weighted by molar-refractivity contribution is -0.304. The van der Waals surface area contributed by atoms with Crippen molar-refractivity contribution in [2.24, 2.45) is 0 Å². The quantitative estimate of drug-likeness (QED) is 0.785. The second kappa shape index (κ2) is 6.96. The molecule has 4 heteroatoms. The van der Waals surface area contributed by atoms with Crippen LogP contribution in [0.25, 0.3) is 10.8 Å². The first-order chi connectivity index (χ1) is 11.6. The van der Waals surface area contributed by atoms with E-state index < -0.39 is 5.97 Å². The van der Waals surface area contributed by atoms with Crippen molar-refractivity contribution in [3.63, 3.8) is 0 Å². The lowest BCUT2D eigenvalue weighted by Gasteiger charge is -2.08. The highest BCUT2D eigenvalue weighted by molar-refractivity contribution is 5.93. The van der Waals surface area contributed by atoms with Crippen LogP contribution in [0, 0.1) is 0 Å². The lowest BCUT2D eigenvalue weighted by Crippen LogP contribution is -2.24. The van der Waals surface area contributed by atoms with E-state index in [9.17, 15) is 14.7 Å². The smallest absolute Gasteiger partial charge is 0.228 e. The van der Waals surface area contributed by atoms with Gasteiger partial charge in [0.25, 0.3) is 0 Å². The summed E-state index contributed by atoms with van der Waals surface area (Å²) in [6, 6.07) is 20.7. The van der Waals surface area contributed by atoms with Crippen LogP contribution in [0.1, 0.15) is 11.1 Å². The molecule has 4 nitrogen and oxygen atoms in total. The Morgan fingerprint density at radius 1 is 0.792 bits per heavy atom. The molecule has 0 aromatic heterocycles. The molecule has 0 fully saturated rings. The molecule has 0 aliphatic heterocycles. The molecule has 0 unspecified atom stereocenters. The van der Waals surface area contributed by atoms with Crippen LogP contribution in [0.3, 0.4) is 0 Å². The van der Waals surface area contributed by atoms with E-state index in [1.807, 2.05) is 42.5 Å². The maximum Gasteiger partial charge on any atom is 0.228 e. The first-order valence-corrected chi connectivity index (χ1v) is 7.66. The number of carbonyl (C=O) groups excluding carboxylic acids is 2. The number of carbonyl (C=O) groups is 2. The SMILES string of the molecule is O=C([O-])Cc1ccc(NC(=O)Cc2ccc3ccccc3c2)cc1. The van der Waals surface area contributed by atoms with Crippen molar-refractivity contribution in [2.45, 2.75) is 12.8 Å². The number of hydrogen-bond acceptors (Lipinski definition) is 3. The predicted molar refractivity (Wildman–Crippen MR) is 91.4 cm³/mol. The molecule has 24 heavy (non-hydrogen) atoms. The Morgan fingerprint density at radius 2 is 1.46 bits per heavy atom. The van der Waals surface area contributed by atoms with E-state index in [0.29, 0.717) is 11.3 Å². The van der Waals surface area contributed by atoms with Crippen LogP contribution >= 0.6 is 0 Å². The molecule has 0 aliphatic carbocycles. The lowest BCUT2D eigenvalue weighted by atomic mass is 10.0. The average Bonchev–Trinajstić information content (AvgIpc) is 2.56. The van der Waals surface area contributed by atoms with Gasteiger partial charge in [0.1, 0.15) is 0 Å². The van der Waals surface area contributed by atoms with E-state index in [-0.39, 0.29) is 18.7 Å². The van der Waals surface area contributed by atoms with Crippen LogP contribution in [0.15, 0.2) is 66.7 Å². The fourth-order valence-corrected chi connectivity index (χ4v) is 2.61. The second-order valence-electron chi connectivity index (χ2n) is 5.65. The number of benzene rings is 3. The third kappa shape index (κ3) is 3.98. The van der Waals surface area contributed by atoms with Gasteiger partial charge in [0, 0.05) is 18.1 Å². The third-order valence-electron chi connectivity index (χ3n) is 3.76. The highest BCUT2D eigenvalue weighted by Gasteiger charge is 2.05. The summed E-state index contributed by atoms with van der Waals surface area (Å²) >= 11 is 0. The minimum atomic E-state index is -1.12. The maximum atomic E-state index is 12.2. The predicted octanol–water partition coefficient (Wildman–Crippen LogP) is 2.31. The fraction of sp³-hybridized carbons (Fsp3) is 0.100. The van der Waals surface area contributed by atoms with Gasteiger partial charge in [-0.3, -0.25) is 4.79 Å². The summed E-state index contributed by atoms with van der Waals surface area (Å²) in [5.41, 5.74) is 2.23. The van der Waals surface area contributed by atoms with Gasteiger partial charge in [0.2, 0.25) is 5.91 Å². The minimum Gasteiger partial charge on any atom is -0.550 e. The van der Waals surface area contributed by atoms with E-state index >= 15 is 0 Å². The van der Waals surface area contributed by atoms with Gasteiger partial charge in [-0.15, -0.1) is 0 Å². The Labute approximate surface area is 139 Å². The van der Waals surface area contributed by atoms with Gasteiger partial charge in [-0.2, -0.15) is 0 Å². The number of nitrogens with one attached hydrogen (secondary N) is 1. The molecule has 0 atom stereocenters. The van der Waals surface area contributed by atoms with E-state index in [1.54, 1.807) is 24.3 Å². The Morgan fingerprint density at radius 3 is 2.17 bits per heavy atom. The standard InChI is InChI=1S/C20H17NO3/c22-19(21-18-9-6-14(7-10-18)13-20(23)24)12-15-5-8-16-3-1-2-4-17(16)11-15/h1-11H,12-13H2,(H,21,22)(H,23,24)/p-1. The summed E-state index contributed by atoms with van der Waals surface area (Å²) < 4.78 is 0. The first-order valence-electron chi connectivity index (χ1n) is 7.66. The molecular weight excluding hydrogens is 302 g/mol. The largest absolute Gasteiger partial charge is 0.550 e. The first kappa shape index (κ1) is 15.7. The zero-order valence-electron chi connectivity index (χ0n) is 13.0. The molecule has 0 saturated carbocycles. The van der Waals surface area contributed by atoms with Crippen molar-refractivity contribution in [1.29, 1.82) is 0 Å². The van der Waals surface area contributed by atoms with Crippen molar-refractivity contribution >= 4 is 28.3 Å². The number of hydrogen-bond donors (Lipinski definition) is 1. The third-order valence-corrected chi connectivity index (χ3v) is 3.76. The number of fused-ring (bicyclic) bond motifs is 1. The average molecular weight is 318 g/mol. The number of anilines is 1. The molecule has 0 saturated heterocycles. The summed E-state index contributed by atoms with van der Waals surface area (Å²) in [6.07, 6.45) is 0.150. The summed E-state index contributed by atoms with van der Waals surface area (Å²) in [5.74, 6) is -1.24. The van der Waals surface area contributed by atoms with Gasteiger partial charge < -0.3 is 15.2 Å². The summed E-state index contributed by atoms with van der Waals surface area (Å²) in [5, 5.41) is 15.6. The Hall–Kier alpha value is -3.14. The molecule has 3 aromatic rings. The zero-order chi connectivity index (χ0) is 16.9. The fourth-order valence-electron chi connectivity index (χ4n) is 2.61. The van der Waals surface area contributed by atoms with Crippen LogP contribution in [0.4, 0.5) is 5.69 Å². The summed E-state index contributed by atoms with van der Waals surface area (Å²) in [6.45, 7) is 0. The summed E-state index contributed by atoms with van der Waals surface area (Å²) in [7, 11) is 0. The van der Waals surface area contributed by atoms with Crippen molar-refractivity contribution < 1.29 is 14.7 Å². The van der Waals surface area contributed by atoms with E-state index in [0.717, 1.165) is 16.3 Å². The van der Waals surface area contributed by atoms with Crippen LogP contribution in [0.2, 0.25) is 0 Å². The number of carboxylic acid groups (broad SMARTS) is 1. The molecule has 0 radical (unpaired) electrons. The molecular formula is C20H16NO3-. The van der Waals surface area contributed by atoms with Crippen molar-refractivity contribution in [1.82, 2.24) is 0 Å². The van der Waals surface area contributed by atoms with Crippen LogP contribution < -0.4 is 10.4 Å². The van der Waals surface area contributed by atoms with Crippen LogP contribution in [-0.2, 0) is 22.4 Å². The molecule has 1 amide bonds. The zero-order valence-corrected chi connectivity index (χ0v) is 13.0. The van der Waals surface area contributed by atoms with Gasteiger partial charge >= 0.3 is 0 Å². The Kier molecular flexibility index (Phi) is 4.57. The van der Waals surface area contributed by atoms with Gasteiger partial charge in [-0.05, 0) is 34.0 Å². The number of carboxylic acids is 1. The van der Waals surface area contributed by atoms with Crippen molar-refractivity contribution in [2.75, 3.05) is 5.32 Å². The van der Waals surface area contributed by atoms with Gasteiger partial charge in [0.15, 0.2) is 0 Å². The number of amides is 1. The highest BCUT2D eigenvalue weighted by Crippen LogP contribution is 2.17. The normalized spacial score (nSPS) is 10.5. The molecule has 0 aliphatic rings. The number of rotatable bonds is 5. The Balaban J connectivity index is 1.64. The second-order valence-corrected chi connectivity index (χ2v) is 5.65. The highest BCUT2D eigenvalue weighted by atomic mass is 16.4. The Bertz CT molecular complexity index is 885. The molecule has 3 rings (SSSR count). The van der Waals surface area contributed by atoms with Gasteiger partial charge in [0.05, 0.1) is 6.42 Å².